The molecule has 0 aliphatic carbocycles. The van der Waals surface area contributed by atoms with Crippen LogP contribution in [0.2, 0.25) is 5.02 Å². The van der Waals surface area contributed by atoms with Crippen LogP contribution in [0.1, 0.15) is 10.5 Å². The number of pyridine rings is 2. The number of nitrogens with zero attached hydrogens (tertiary/aromatic N) is 2. The van der Waals surface area contributed by atoms with Gasteiger partial charge in [0.25, 0.3) is 5.91 Å². The third-order valence-electron chi connectivity index (χ3n) is 1.97. The second-order valence-electron chi connectivity index (χ2n) is 3.26. The molecule has 0 aliphatic rings. The average molecular weight is 249 g/mol. The van der Waals surface area contributed by atoms with Crippen LogP contribution in [0.4, 0.5) is 11.6 Å². The SMILES string of the molecule is Nc1cccc(C(=O)Nc2ccc(Cl)cn2)n1. The third-order valence-corrected chi connectivity index (χ3v) is 2.20. The molecule has 86 valence electrons. The Balaban J connectivity index is 2.14. The van der Waals surface area contributed by atoms with Gasteiger partial charge in [0.15, 0.2) is 0 Å². The zero-order valence-corrected chi connectivity index (χ0v) is 9.48. The average Bonchev–Trinajstić information content (AvgIpc) is 2.32. The van der Waals surface area contributed by atoms with E-state index in [9.17, 15) is 4.79 Å². The summed E-state index contributed by atoms with van der Waals surface area (Å²) in [5, 5.41) is 3.09. The molecule has 2 aromatic heterocycles. The van der Waals surface area contributed by atoms with E-state index >= 15 is 0 Å². The van der Waals surface area contributed by atoms with Crippen LogP contribution in [0.15, 0.2) is 36.5 Å². The lowest BCUT2D eigenvalue weighted by atomic mass is 10.3. The minimum atomic E-state index is -0.368. The summed E-state index contributed by atoms with van der Waals surface area (Å²) in [4.78, 5) is 19.6. The summed E-state index contributed by atoms with van der Waals surface area (Å²) < 4.78 is 0. The zero-order valence-electron chi connectivity index (χ0n) is 8.72. The summed E-state index contributed by atoms with van der Waals surface area (Å²) in [6, 6.07) is 8.08. The van der Waals surface area contributed by atoms with Crippen LogP contribution in [0.25, 0.3) is 0 Å². The number of nitrogen functional groups attached to an aromatic ring is 1. The van der Waals surface area contributed by atoms with E-state index in [1.807, 2.05) is 0 Å². The van der Waals surface area contributed by atoms with E-state index in [-0.39, 0.29) is 11.6 Å². The van der Waals surface area contributed by atoms with Gasteiger partial charge in [-0.05, 0) is 24.3 Å². The molecule has 2 aromatic rings. The Morgan fingerprint density at radius 1 is 1.29 bits per heavy atom. The van der Waals surface area contributed by atoms with Gasteiger partial charge in [-0.15, -0.1) is 0 Å². The molecular formula is C11H9ClN4O. The molecule has 0 unspecified atom stereocenters. The fraction of sp³-hybridized carbons (Fsp3) is 0. The van der Waals surface area contributed by atoms with E-state index < -0.39 is 0 Å². The lowest BCUT2D eigenvalue weighted by Crippen LogP contribution is -2.14. The van der Waals surface area contributed by atoms with Crippen molar-refractivity contribution < 1.29 is 4.79 Å². The van der Waals surface area contributed by atoms with Gasteiger partial charge in [-0.2, -0.15) is 0 Å². The first-order valence-electron chi connectivity index (χ1n) is 4.80. The molecular weight excluding hydrogens is 240 g/mol. The lowest BCUT2D eigenvalue weighted by Gasteiger charge is -2.03. The number of carbonyl (C=O) groups excluding carboxylic acids is 1. The van der Waals surface area contributed by atoms with Crippen LogP contribution < -0.4 is 11.1 Å². The Morgan fingerprint density at radius 2 is 2.12 bits per heavy atom. The molecule has 5 nitrogen and oxygen atoms in total. The van der Waals surface area contributed by atoms with Crippen molar-refractivity contribution in [3.05, 3.63) is 47.2 Å². The largest absolute Gasteiger partial charge is 0.384 e. The Bertz CT molecular complexity index is 541. The zero-order chi connectivity index (χ0) is 12.3. The van der Waals surface area contributed by atoms with E-state index in [1.165, 1.54) is 6.20 Å². The molecule has 0 aromatic carbocycles. The van der Waals surface area contributed by atoms with Gasteiger partial charge in [0.1, 0.15) is 17.3 Å². The molecule has 0 bridgehead atoms. The Kier molecular flexibility index (Phi) is 3.20. The molecule has 2 heterocycles. The number of amides is 1. The van der Waals surface area contributed by atoms with Gasteiger partial charge in [-0.25, -0.2) is 9.97 Å². The van der Waals surface area contributed by atoms with Gasteiger partial charge in [0.2, 0.25) is 0 Å². The van der Waals surface area contributed by atoms with Crippen molar-refractivity contribution in [2.24, 2.45) is 0 Å². The summed E-state index contributed by atoms with van der Waals surface area (Å²) in [7, 11) is 0. The molecule has 17 heavy (non-hydrogen) atoms. The molecule has 0 atom stereocenters. The predicted octanol–water partition coefficient (Wildman–Crippen LogP) is 1.96. The van der Waals surface area contributed by atoms with Gasteiger partial charge in [0.05, 0.1) is 5.02 Å². The smallest absolute Gasteiger partial charge is 0.275 e. The fourth-order valence-corrected chi connectivity index (χ4v) is 1.32. The summed E-state index contributed by atoms with van der Waals surface area (Å²) in [6.45, 7) is 0. The normalized spacial score (nSPS) is 9.94. The first-order valence-corrected chi connectivity index (χ1v) is 5.18. The topological polar surface area (TPSA) is 80.9 Å². The summed E-state index contributed by atoms with van der Waals surface area (Å²) in [5.41, 5.74) is 5.72. The third kappa shape index (κ3) is 2.92. The minimum Gasteiger partial charge on any atom is -0.384 e. The molecule has 6 heteroatoms. The van der Waals surface area contributed by atoms with Crippen molar-refractivity contribution in [2.45, 2.75) is 0 Å². The molecule has 2 rings (SSSR count). The second-order valence-corrected chi connectivity index (χ2v) is 3.70. The molecule has 0 fully saturated rings. The number of anilines is 2. The lowest BCUT2D eigenvalue weighted by molar-refractivity contribution is 0.102. The van der Waals surface area contributed by atoms with E-state index in [1.54, 1.807) is 30.3 Å². The fourth-order valence-electron chi connectivity index (χ4n) is 1.21. The van der Waals surface area contributed by atoms with E-state index in [0.29, 0.717) is 16.7 Å². The molecule has 0 radical (unpaired) electrons. The van der Waals surface area contributed by atoms with Crippen LogP contribution in [0.5, 0.6) is 0 Å². The van der Waals surface area contributed by atoms with E-state index in [2.05, 4.69) is 15.3 Å². The highest BCUT2D eigenvalue weighted by Gasteiger charge is 2.08. The van der Waals surface area contributed by atoms with Crippen molar-refractivity contribution in [3.63, 3.8) is 0 Å². The molecule has 0 aliphatic heterocycles. The molecule has 0 spiro atoms. The Morgan fingerprint density at radius 3 is 2.76 bits per heavy atom. The van der Waals surface area contributed by atoms with Gasteiger partial charge >= 0.3 is 0 Å². The Labute approximate surface area is 103 Å². The van der Waals surface area contributed by atoms with Gasteiger partial charge < -0.3 is 11.1 Å². The van der Waals surface area contributed by atoms with Crippen molar-refractivity contribution in [2.75, 3.05) is 11.1 Å². The van der Waals surface area contributed by atoms with Crippen molar-refractivity contribution in [1.29, 1.82) is 0 Å². The van der Waals surface area contributed by atoms with Crippen molar-refractivity contribution in [1.82, 2.24) is 9.97 Å². The first-order chi connectivity index (χ1) is 8.15. The molecule has 3 N–H and O–H groups in total. The number of hydrogen-bond donors (Lipinski definition) is 2. The van der Waals surface area contributed by atoms with Crippen LogP contribution in [-0.4, -0.2) is 15.9 Å². The monoisotopic (exact) mass is 248 g/mol. The number of rotatable bonds is 2. The van der Waals surface area contributed by atoms with Crippen LogP contribution >= 0.6 is 11.6 Å². The summed E-state index contributed by atoms with van der Waals surface area (Å²) in [6.07, 6.45) is 1.45. The van der Waals surface area contributed by atoms with Crippen LogP contribution in [-0.2, 0) is 0 Å². The number of aromatic nitrogens is 2. The number of hydrogen-bond acceptors (Lipinski definition) is 4. The summed E-state index contributed by atoms with van der Waals surface area (Å²) in [5.74, 6) is 0.331. The first kappa shape index (κ1) is 11.3. The maximum absolute atomic E-state index is 11.7. The quantitative estimate of drug-likeness (QED) is 0.851. The molecule has 0 saturated heterocycles. The number of carbonyl (C=O) groups is 1. The van der Waals surface area contributed by atoms with Gasteiger partial charge in [-0.3, -0.25) is 4.79 Å². The standard InChI is InChI=1S/C11H9ClN4O/c12-7-4-5-10(14-6-7)16-11(17)8-2-1-3-9(13)15-8/h1-6H,(H2,13,15)(H,14,16,17). The van der Waals surface area contributed by atoms with Crippen LogP contribution in [0, 0.1) is 0 Å². The number of nitrogens with one attached hydrogen (secondary N) is 1. The number of nitrogens with two attached hydrogens (primary N) is 1. The predicted molar refractivity (Wildman–Crippen MR) is 65.8 cm³/mol. The van der Waals surface area contributed by atoms with Gasteiger partial charge in [0, 0.05) is 6.20 Å². The second kappa shape index (κ2) is 4.80. The van der Waals surface area contributed by atoms with Crippen LogP contribution in [0.3, 0.4) is 0 Å². The maximum atomic E-state index is 11.7. The Hall–Kier alpha value is -2.14. The van der Waals surface area contributed by atoms with Gasteiger partial charge in [-0.1, -0.05) is 17.7 Å². The summed E-state index contributed by atoms with van der Waals surface area (Å²) >= 11 is 5.68. The highest BCUT2D eigenvalue weighted by Crippen LogP contribution is 2.10. The highest BCUT2D eigenvalue weighted by molar-refractivity contribution is 6.30. The highest BCUT2D eigenvalue weighted by atomic mass is 35.5. The minimum absolute atomic E-state index is 0.238. The van der Waals surface area contributed by atoms with Crippen molar-refractivity contribution in [3.8, 4) is 0 Å². The molecule has 1 amide bonds. The number of halogens is 1. The maximum Gasteiger partial charge on any atom is 0.275 e. The van der Waals surface area contributed by atoms with E-state index in [0.717, 1.165) is 0 Å². The molecule has 0 saturated carbocycles. The van der Waals surface area contributed by atoms with E-state index in [4.69, 9.17) is 17.3 Å². The van der Waals surface area contributed by atoms with Crippen molar-refractivity contribution >= 4 is 29.1 Å².